The minimum atomic E-state index is -2.72. The predicted molar refractivity (Wildman–Crippen MR) is 95.2 cm³/mol. The lowest BCUT2D eigenvalue weighted by Gasteiger charge is -2.23. The van der Waals surface area contributed by atoms with Crippen molar-refractivity contribution in [2.75, 3.05) is 18.0 Å². The summed E-state index contributed by atoms with van der Waals surface area (Å²) in [5.74, 6) is -3.42. The number of fused-ring (bicyclic) bond motifs is 1. The lowest BCUT2D eigenvalue weighted by atomic mass is 9.99. The first-order valence-electron chi connectivity index (χ1n) is 8.65. The largest absolute Gasteiger partial charge is 0.368 e. The summed E-state index contributed by atoms with van der Waals surface area (Å²) >= 11 is 0. The van der Waals surface area contributed by atoms with Gasteiger partial charge in [0.25, 0.3) is 11.5 Å². The van der Waals surface area contributed by atoms with Gasteiger partial charge in [-0.1, -0.05) is 6.92 Å². The van der Waals surface area contributed by atoms with Gasteiger partial charge in [-0.15, -0.1) is 0 Å². The van der Waals surface area contributed by atoms with Crippen LogP contribution in [0.5, 0.6) is 0 Å². The van der Waals surface area contributed by atoms with Crippen molar-refractivity contribution >= 4 is 11.3 Å². The van der Waals surface area contributed by atoms with E-state index in [0.717, 1.165) is 0 Å². The summed E-state index contributed by atoms with van der Waals surface area (Å²) in [6.45, 7) is 2.18. The Balaban J connectivity index is 1.82. The Morgan fingerprint density at radius 2 is 2.11 bits per heavy atom. The zero-order valence-electron chi connectivity index (χ0n) is 14.6. The van der Waals surface area contributed by atoms with Crippen molar-refractivity contribution in [2.24, 2.45) is 5.92 Å². The van der Waals surface area contributed by atoms with Crippen LogP contribution < -0.4 is 16.1 Å². The van der Waals surface area contributed by atoms with E-state index in [4.69, 9.17) is 0 Å². The van der Waals surface area contributed by atoms with Gasteiger partial charge in [0.2, 0.25) is 0 Å². The van der Waals surface area contributed by atoms with Crippen molar-refractivity contribution in [1.29, 1.82) is 0 Å². The van der Waals surface area contributed by atoms with E-state index in [1.165, 1.54) is 10.7 Å². The molecule has 0 saturated carbocycles. The fraction of sp³-hybridized carbons (Fsp3) is 0.412. The van der Waals surface area contributed by atoms with E-state index < -0.39 is 23.1 Å². The molecule has 0 bridgehead atoms. The number of hydrogen-bond acceptors (Lipinski definition) is 5. The summed E-state index contributed by atoms with van der Waals surface area (Å²) in [5, 5.41) is 4.36. The normalized spacial score (nSPS) is 20.0. The second kappa shape index (κ2) is 6.29. The van der Waals surface area contributed by atoms with Gasteiger partial charge in [0.05, 0.1) is 11.3 Å². The van der Waals surface area contributed by atoms with Gasteiger partial charge < -0.3 is 9.88 Å². The molecule has 10 heteroatoms. The zero-order valence-corrected chi connectivity index (χ0v) is 14.6. The molecule has 0 radical (unpaired) electrons. The predicted octanol–water partition coefficient (Wildman–Crippen LogP) is 1.64. The number of alkyl halides is 2. The maximum Gasteiger partial charge on any atom is 0.325 e. The van der Waals surface area contributed by atoms with Crippen LogP contribution in [0.15, 0.2) is 34.2 Å². The van der Waals surface area contributed by atoms with Gasteiger partial charge in [-0.05, 0) is 12.5 Å². The molecule has 2 N–H and O–H groups in total. The molecule has 1 aliphatic rings. The maximum absolute atomic E-state index is 14.1. The number of halogens is 2. The lowest BCUT2D eigenvalue weighted by Crippen LogP contribution is -2.28. The van der Waals surface area contributed by atoms with Crippen LogP contribution in [-0.2, 0) is 0 Å². The number of aromatic amines is 2. The number of imidazole rings is 1. The van der Waals surface area contributed by atoms with Crippen molar-refractivity contribution in [3.8, 4) is 11.3 Å². The van der Waals surface area contributed by atoms with E-state index in [0.29, 0.717) is 30.0 Å². The standard InChI is InChI=1S/C17H18F2N6O2/c1-10-2-5-24(6-3-17(10,18)19)13-8-12(23-25-7-4-20-14(13)25)11-9-21-16(27)22-15(11)26/h4,7-10H,2-3,5-6H2,1H3,(H2,21,22,26,27). The van der Waals surface area contributed by atoms with Gasteiger partial charge in [0.15, 0.2) is 5.65 Å². The lowest BCUT2D eigenvalue weighted by molar-refractivity contribution is -0.0532. The van der Waals surface area contributed by atoms with Gasteiger partial charge in [0.1, 0.15) is 5.69 Å². The van der Waals surface area contributed by atoms with Crippen LogP contribution in [0.2, 0.25) is 0 Å². The minimum Gasteiger partial charge on any atom is -0.368 e. The Kier molecular flexibility index (Phi) is 4.05. The van der Waals surface area contributed by atoms with Crippen LogP contribution in [0.4, 0.5) is 14.5 Å². The molecule has 1 saturated heterocycles. The van der Waals surface area contributed by atoms with Crippen molar-refractivity contribution in [1.82, 2.24) is 24.6 Å². The highest BCUT2D eigenvalue weighted by molar-refractivity contribution is 5.74. The molecule has 142 valence electrons. The summed E-state index contributed by atoms with van der Waals surface area (Å²) < 4.78 is 29.7. The Hall–Kier alpha value is -3.04. The summed E-state index contributed by atoms with van der Waals surface area (Å²) in [6, 6.07) is 1.65. The van der Waals surface area contributed by atoms with E-state index in [-0.39, 0.29) is 18.5 Å². The van der Waals surface area contributed by atoms with E-state index in [2.05, 4.69) is 20.1 Å². The van der Waals surface area contributed by atoms with E-state index in [1.54, 1.807) is 25.4 Å². The van der Waals surface area contributed by atoms with E-state index in [1.807, 2.05) is 4.90 Å². The number of aromatic nitrogens is 5. The number of hydrogen-bond donors (Lipinski definition) is 2. The van der Waals surface area contributed by atoms with Gasteiger partial charge in [-0.2, -0.15) is 5.10 Å². The molecule has 1 fully saturated rings. The third-order valence-electron chi connectivity index (χ3n) is 5.04. The highest BCUT2D eigenvalue weighted by atomic mass is 19.3. The third kappa shape index (κ3) is 3.11. The first kappa shape index (κ1) is 17.4. The van der Waals surface area contributed by atoms with Gasteiger partial charge in [-0.3, -0.25) is 9.78 Å². The molecule has 0 aliphatic carbocycles. The average Bonchev–Trinajstić information content (AvgIpc) is 3.04. The van der Waals surface area contributed by atoms with Gasteiger partial charge in [0, 0.05) is 44.0 Å². The second-order valence-electron chi connectivity index (χ2n) is 6.78. The summed E-state index contributed by atoms with van der Waals surface area (Å²) in [7, 11) is 0. The zero-order chi connectivity index (χ0) is 19.2. The van der Waals surface area contributed by atoms with Crippen LogP contribution in [-0.4, -0.2) is 43.6 Å². The topological polar surface area (TPSA) is 99.2 Å². The first-order chi connectivity index (χ1) is 12.8. The van der Waals surface area contributed by atoms with Crippen LogP contribution in [0, 0.1) is 5.92 Å². The minimum absolute atomic E-state index is 0.172. The molecular weight excluding hydrogens is 358 g/mol. The van der Waals surface area contributed by atoms with Gasteiger partial charge >= 0.3 is 5.69 Å². The molecule has 3 aromatic rings. The first-order valence-corrected chi connectivity index (χ1v) is 8.65. The molecule has 1 unspecified atom stereocenters. The third-order valence-corrected chi connectivity index (χ3v) is 5.04. The Bertz CT molecular complexity index is 1100. The molecule has 27 heavy (non-hydrogen) atoms. The monoisotopic (exact) mass is 376 g/mol. The quantitative estimate of drug-likeness (QED) is 0.708. The number of rotatable bonds is 2. The smallest absolute Gasteiger partial charge is 0.325 e. The molecule has 1 atom stereocenters. The molecule has 8 nitrogen and oxygen atoms in total. The molecule has 3 aromatic heterocycles. The highest BCUT2D eigenvalue weighted by Gasteiger charge is 2.39. The molecule has 0 aromatic carbocycles. The van der Waals surface area contributed by atoms with Crippen LogP contribution in [0.1, 0.15) is 19.8 Å². The van der Waals surface area contributed by atoms with Gasteiger partial charge in [-0.25, -0.2) is 23.1 Å². The fourth-order valence-electron chi connectivity index (χ4n) is 3.31. The Labute approximate surface area is 151 Å². The van der Waals surface area contributed by atoms with Crippen LogP contribution in [0.3, 0.4) is 0 Å². The molecule has 0 amide bonds. The number of H-pyrrole nitrogens is 2. The van der Waals surface area contributed by atoms with E-state index in [9.17, 15) is 18.4 Å². The Morgan fingerprint density at radius 3 is 2.89 bits per heavy atom. The fourth-order valence-corrected chi connectivity index (χ4v) is 3.31. The number of nitrogens with one attached hydrogen (secondary N) is 2. The highest BCUT2D eigenvalue weighted by Crippen LogP contribution is 2.35. The number of nitrogens with zero attached hydrogens (tertiary/aromatic N) is 4. The average molecular weight is 376 g/mol. The van der Waals surface area contributed by atoms with Crippen LogP contribution >= 0.6 is 0 Å². The summed E-state index contributed by atoms with van der Waals surface area (Å²) in [5.41, 5.74) is 0.458. The molecular formula is C17H18F2N6O2. The van der Waals surface area contributed by atoms with E-state index >= 15 is 0 Å². The Morgan fingerprint density at radius 1 is 1.30 bits per heavy atom. The number of anilines is 1. The maximum atomic E-state index is 14.1. The van der Waals surface area contributed by atoms with Crippen molar-refractivity contribution in [3.05, 3.63) is 45.5 Å². The summed E-state index contributed by atoms with van der Waals surface area (Å²) in [4.78, 5) is 34.1. The van der Waals surface area contributed by atoms with Crippen molar-refractivity contribution < 1.29 is 8.78 Å². The van der Waals surface area contributed by atoms with Crippen molar-refractivity contribution in [3.63, 3.8) is 0 Å². The summed E-state index contributed by atoms with van der Waals surface area (Å²) in [6.07, 6.45) is 4.56. The molecule has 0 spiro atoms. The molecule has 4 heterocycles. The molecule has 1 aliphatic heterocycles. The van der Waals surface area contributed by atoms with Crippen LogP contribution in [0.25, 0.3) is 16.9 Å². The SMILES string of the molecule is CC1CCN(c2cc(-c3c[nH]c(=O)[nH]c3=O)nn3ccnc23)CCC1(F)F. The molecule has 4 rings (SSSR count). The second-order valence-corrected chi connectivity index (χ2v) is 6.78. The van der Waals surface area contributed by atoms with Crippen molar-refractivity contribution in [2.45, 2.75) is 25.7 Å².